The Labute approximate surface area is 158 Å². The summed E-state index contributed by atoms with van der Waals surface area (Å²) in [5.41, 5.74) is 0.646. The molecule has 2 aromatic rings. The Kier molecular flexibility index (Phi) is 6.57. The summed E-state index contributed by atoms with van der Waals surface area (Å²) in [6.07, 6.45) is 0.756. The molecule has 0 aromatic heterocycles. The van der Waals surface area contributed by atoms with E-state index in [4.69, 9.17) is 0 Å². The Balaban J connectivity index is 2.28. The van der Waals surface area contributed by atoms with E-state index >= 15 is 0 Å². The minimum Gasteiger partial charge on any atom is -0.465 e. The molecule has 1 amide bonds. The van der Waals surface area contributed by atoms with E-state index in [0.717, 1.165) is 6.42 Å². The predicted octanol–water partition coefficient (Wildman–Crippen LogP) is 2.80. The number of para-hydroxylation sites is 1. The molecule has 0 bridgehead atoms. The Morgan fingerprint density at radius 1 is 1.07 bits per heavy atom. The highest BCUT2D eigenvalue weighted by Gasteiger charge is 2.19. The average molecular weight is 390 g/mol. The monoisotopic (exact) mass is 390 g/mol. The van der Waals surface area contributed by atoms with Gasteiger partial charge in [-0.25, -0.2) is 13.2 Å². The molecular weight excluding hydrogens is 368 g/mol. The minimum absolute atomic E-state index is 0.0342. The molecule has 0 saturated heterocycles. The predicted molar refractivity (Wildman–Crippen MR) is 102 cm³/mol. The van der Waals surface area contributed by atoms with Crippen molar-refractivity contribution >= 4 is 27.6 Å². The Hall–Kier alpha value is -2.87. The number of carbonyl (C=O) groups is 2. The third-order valence-corrected chi connectivity index (χ3v) is 5.37. The normalized spacial score (nSPS) is 12.1. The van der Waals surface area contributed by atoms with Crippen molar-refractivity contribution in [2.75, 3.05) is 11.8 Å². The smallest absolute Gasteiger partial charge is 0.337 e. The second-order valence-electron chi connectivity index (χ2n) is 5.95. The van der Waals surface area contributed by atoms with E-state index < -0.39 is 16.0 Å². The van der Waals surface area contributed by atoms with Gasteiger partial charge in [0.2, 0.25) is 0 Å². The van der Waals surface area contributed by atoms with Gasteiger partial charge >= 0.3 is 5.97 Å². The zero-order valence-electron chi connectivity index (χ0n) is 15.4. The third kappa shape index (κ3) is 5.07. The quantitative estimate of drug-likeness (QED) is 0.708. The molecule has 0 radical (unpaired) electrons. The molecule has 2 N–H and O–H groups in total. The third-order valence-electron chi connectivity index (χ3n) is 3.99. The lowest BCUT2D eigenvalue weighted by atomic mass is 10.1. The van der Waals surface area contributed by atoms with E-state index in [1.165, 1.54) is 37.4 Å². The standard InChI is InChI=1S/C19H22N2O5S/c1-4-13(2)20-18(22)16-7-5-6-8-17(16)21-27(24,25)15-11-9-14(10-12-15)19(23)26-3/h5-13,21H,4H2,1-3H3,(H,20,22)/t13-/m0/s1. The highest BCUT2D eigenvalue weighted by molar-refractivity contribution is 7.92. The van der Waals surface area contributed by atoms with Crippen LogP contribution >= 0.6 is 0 Å². The van der Waals surface area contributed by atoms with Crippen molar-refractivity contribution in [3.63, 3.8) is 0 Å². The molecule has 0 fully saturated rings. The van der Waals surface area contributed by atoms with Gasteiger partial charge in [-0.15, -0.1) is 0 Å². The highest BCUT2D eigenvalue weighted by atomic mass is 32.2. The number of carbonyl (C=O) groups excluding carboxylic acids is 2. The summed E-state index contributed by atoms with van der Waals surface area (Å²) in [5.74, 6) is -0.914. The number of nitrogens with one attached hydrogen (secondary N) is 2. The van der Waals surface area contributed by atoms with Crippen LogP contribution in [-0.2, 0) is 14.8 Å². The van der Waals surface area contributed by atoms with Crippen molar-refractivity contribution in [1.29, 1.82) is 0 Å². The average Bonchev–Trinajstić information content (AvgIpc) is 2.67. The minimum atomic E-state index is -3.93. The van der Waals surface area contributed by atoms with Crippen molar-refractivity contribution in [1.82, 2.24) is 5.32 Å². The molecular formula is C19H22N2O5S. The van der Waals surface area contributed by atoms with Crippen molar-refractivity contribution in [2.45, 2.75) is 31.2 Å². The number of benzene rings is 2. The number of hydrogen-bond donors (Lipinski definition) is 2. The van der Waals surface area contributed by atoms with E-state index in [1.807, 2.05) is 13.8 Å². The molecule has 27 heavy (non-hydrogen) atoms. The molecule has 2 rings (SSSR count). The molecule has 0 aliphatic carbocycles. The SMILES string of the molecule is CC[C@H](C)NC(=O)c1ccccc1NS(=O)(=O)c1ccc(C(=O)OC)cc1. The van der Waals surface area contributed by atoms with Crippen LogP contribution in [0.2, 0.25) is 0 Å². The van der Waals surface area contributed by atoms with Crippen LogP contribution in [0.1, 0.15) is 41.0 Å². The van der Waals surface area contributed by atoms with Gasteiger partial charge in [-0.3, -0.25) is 9.52 Å². The zero-order chi connectivity index (χ0) is 20.0. The summed E-state index contributed by atoms with van der Waals surface area (Å²) < 4.78 is 32.3. The van der Waals surface area contributed by atoms with Crippen LogP contribution < -0.4 is 10.0 Å². The highest BCUT2D eigenvalue weighted by Crippen LogP contribution is 2.21. The zero-order valence-corrected chi connectivity index (χ0v) is 16.2. The number of methoxy groups -OCH3 is 1. The van der Waals surface area contributed by atoms with Crippen LogP contribution in [0.5, 0.6) is 0 Å². The molecule has 144 valence electrons. The summed E-state index contributed by atoms with van der Waals surface area (Å²) in [6, 6.07) is 11.7. The maximum Gasteiger partial charge on any atom is 0.337 e. The van der Waals surface area contributed by atoms with E-state index in [1.54, 1.807) is 18.2 Å². The summed E-state index contributed by atoms with van der Waals surface area (Å²) in [4.78, 5) is 23.8. The molecule has 0 aliphatic rings. The molecule has 7 nitrogen and oxygen atoms in total. The number of hydrogen-bond acceptors (Lipinski definition) is 5. The lowest BCUT2D eigenvalue weighted by Crippen LogP contribution is -2.32. The van der Waals surface area contributed by atoms with Gasteiger partial charge in [0.25, 0.3) is 15.9 Å². The first kappa shape index (κ1) is 20.4. The molecule has 0 unspecified atom stereocenters. The van der Waals surface area contributed by atoms with Crippen LogP contribution in [0.25, 0.3) is 0 Å². The van der Waals surface area contributed by atoms with Gasteiger partial charge in [0.15, 0.2) is 0 Å². The number of rotatable bonds is 7. The van der Waals surface area contributed by atoms with E-state index in [9.17, 15) is 18.0 Å². The maximum absolute atomic E-state index is 12.6. The largest absolute Gasteiger partial charge is 0.465 e. The van der Waals surface area contributed by atoms with Crippen molar-refractivity contribution < 1.29 is 22.7 Å². The van der Waals surface area contributed by atoms with Gasteiger partial charge in [-0.1, -0.05) is 19.1 Å². The molecule has 0 saturated carbocycles. The van der Waals surface area contributed by atoms with Crippen molar-refractivity contribution in [2.24, 2.45) is 0 Å². The molecule has 1 atom stereocenters. The van der Waals surface area contributed by atoms with Crippen LogP contribution in [-0.4, -0.2) is 33.4 Å². The Morgan fingerprint density at radius 3 is 2.30 bits per heavy atom. The first-order chi connectivity index (χ1) is 12.8. The van der Waals surface area contributed by atoms with E-state index in [0.29, 0.717) is 0 Å². The van der Waals surface area contributed by atoms with Gasteiger partial charge in [-0.2, -0.15) is 0 Å². The van der Waals surface area contributed by atoms with E-state index in [2.05, 4.69) is 14.8 Å². The fourth-order valence-corrected chi connectivity index (χ4v) is 3.35. The van der Waals surface area contributed by atoms with Gasteiger partial charge in [0.05, 0.1) is 28.8 Å². The molecule has 0 spiro atoms. The van der Waals surface area contributed by atoms with E-state index in [-0.39, 0.29) is 33.7 Å². The summed E-state index contributed by atoms with van der Waals surface area (Å²) >= 11 is 0. The summed E-state index contributed by atoms with van der Waals surface area (Å²) in [5, 5.41) is 2.81. The first-order valence-electron chi connectivity index (χ1n) is 8.39. The molecule has 2 aromatic carbocycles. The van der Waals surface area contributed by atoms with Gasteiger partial charge in [0.1, 0.15) is 0 Å². The Bertz CT molecular complexity index is 923. The molecule has 8 heteroatoms. The lowest BCUT2D eigenvalue weighted by Gasteiger charge is -2.15. The fourth-order valence-electron chi connectivity index (χ4n) is 2.27. The van der Waals surface area contributed by atoms with Crippen LogP contribution in [0.4, 0.5) is 5.69 Å². The lowest BCUT2D eigenvalue weighted by molar-refractivity contribution is 0.0600. The van der Waals surface area contributed by atoms with Gasteiger partial charge < -0.3 is 10.1 Å². The number of esters is 1. The second kappa shape index (κ2) is 8.68. The molecule has 0 aliphatic heterocycles. The molecule has 0 heterocycles. The first-order valence-corrected chi connectivity index (χ1v) is 9.88. The van der Waals surface area contributed by atoms with Gasteiger partial charge in [0, 0.05) is 6.04 Å². The number of amides is 1. The number of ether oxygens (including phenoxy) is 1. The van der Waals surface area contributed by atoms with Crippen LogP contribution in [0, 0.1) is 0 Å². The maximum atomic E-state index is 12.6. The number of sulfonamides is 1. The van der Waals surface area contributed by atoms with Gasteiger partial charge in [-0.05, 0) is 49.7 Å². The van der Waals surface area contributed by atoms with Crippen LogP contribution in [0.15, 0.2) is 53.4 Å². The van der Waals surface area contributed by atoms with Crippen LogP contribution in [0.3, 0.4) is 0 Å². The Morgan fingerprint density at radius 2 is 1.70 bits per heavy atom. The van der Waals surface area contributed by atoms with Crippen molar-refractivity contribution in [3.05, 3.63) is 59.7 Å². The fraction of sp³-hybridized carbons (Fsp3) is 0.263. The van der Waals surface area contributed by atoms with Crippen molar-refractivity contribution in [3.8, 4) is 0 Å². The summed E-state index contributed by atoms with van der Waals surface area (Å²) in [7, 11) is -2.69. The second-order valence-corrected chi connectivity index (χ2v) is 7.63. The summed E-state index contributed by atoms with van der Waals surface area (Å²) in [6.45, 7) is 3.81. The topological polar surface area (TPSA) is 102 Å². The number of anilines is 1.